The van der Waals surface area contributed by atoms with E-state index < -0.39 is 0 Å². The number of anilines is 5. The molecular weight excluding hydrogens is 878 g/mol. The Hall–Kier alpha value is -6.04. The molecule has 5 heteroatoms. The molecule has 3 aliphatic heterocycles. The van der Waals surface area contributed by atoms with Gasteiger partial charge in [0, 0.05) is 49.3 Å². The molecule has 0 N–H and O–H groups in total. The zero-order valence-corrected chi connectivity index (χ0v) is 45.1. The minimum Gasteiger partial charge on any atom is -0.335 e. The predicted molar refractivity (Wildman–Crippen MR) is 309 cm³/mol. The van der Waals surface area contributed by atoms with Gasteiger partial charge in [0.25, 0.3) is 6.71 Å². The summed E-state index contributed by atoms with van der Waals surface area (Å²) in [5.74, 6) is 0. The van der Waals surface area contributed by atoms with Gasteiger partial charge in [0.15, 0.2) is 0 Å². The summed E-state index contributed by atoms with van der Waals surface area (Å²) in [6.07, 6.45) is 4.79. The SMILES string of the molecule is Cc1cc(C(C)(C)C)ccc1N(c1cc2c3c(c1)-n1c4c(cc(C(C)(C)C)cc4c4sc5ccccc5c41)B3c1cc(-c3ccccc3)cc3c1N2C1(C)CCCCC31C)c1ccc(C(C)(C)C)cc1C. The van der Waals surface area contributed by atoms with Crippen molar-refractivity contribution in [2.45, 2.75) is 143 Å². The Bertz CT molecular complexity index is 3670. The van der Waals surface area contributed by atoms with Crippen LogP contribution in [0.15, 0.2) is 127 Å². The highest BCUT2D eigenvalue weighted by molar-refractivity contribution is 7.26. The zero-order valence-electron chi connectivity index (χ0n) is 44.3. The first-order valence-corrected chi connectivity index (χ1v) is 27.2. The maximum Gasteiger partial charge on any atom is 0.252 e. The fourth-order valence-corrected chi connectivity index (χ4v) is 15.0. The molecule has 9 aromatic rings. The van der Waals surface area contributed by atoms with Crippen LogP contribution in [0.3, 0.4) is 0 Å². The standard InChI is InChI=1S/C66H68BN3S/c1-39-31-43(62(3,4)5)25-27-52(39)68(53-28-26-44(32-40(53)2)63(6,7)8)46-37-54-57-55(38-46)70-60-49(65(12)29-19-20-30-66(65,70)13)33-42(41-21-15-14-16-22-41)34-50(60)67(57)51-36-45(64(9,10)11)35-48-58(51)69(54)59-47-23-17-18-24-56(47)71-61(48)59/h14-18,21-28,31-38H,19-20,29-30H2,1-13H3. The first-order valence-electron chi connectivity index (χ1n) is 26.4. The molecule has 356 valence electrons. The third kappa shape index (κ3) is 6.20. The lowest BCUT2D eigenvalue weighted by Gasteiger charge is -2.52. The highest BCUT2D eigenvalue weighted by Crippen LogP contribution is 2.63. The Balaban J connectivity index is 1.21. The van der Waals surface area contributed by atoms with Gasteiger partial charge < -0.3 is 14.4 Å². The molecule has 0 bridgehead atoms. The molecular formula is C66H68BN3S. The number of hydrogen-bond donors (Lipinski definition) is 0. The highest BCUT2D eigenvalue weighted by atomic mass is 32.1. The van der Waals surface area contributed by atoms with Gasteiger partial charge >= 0.3 is 0 Å². The van der Waals surface area contributed by atoms with E-state index in [4.69, 9.17) is 0 Å². The van der Waals surface area contributed by atoms with Crippen molar-refractivity contribution in [2.24, 2.45) is 0 Å². The number of benzene rings is 7. The van der Waals surface area contributed by atoms with Crippen molar-refractivity contribution in [3.05, 3.63) is 161 Å². The van der Waals surface area contributed by atoms with Gasteiger partial charge in [0.2, 0.25) is 0 Å². The number of nitrogens with zero attached hydrogens (tertiary/aromatic N) is 3. The van der Waals surface area contributed by atoms with Crippen molar-refractivity contribution in [1.82, 2.24) is 4.57 Å². The third-order valence-corrected chi connectivity index (χ3v) is 19.2. The summed E-state index contributed by atoms with van der Waals surface area (Å²) >= 11 is 1.97. The van der Waals surface area contributed by atoms with E-state index in [0.29, 0.717) is 0 Å². The number of thiophene rings is 1. The van der Waals surface area contributed by atoms with Crippen molar-refractivity contribution in [3.63, 3.8) is 0 Å². The van der Waals surface area contributed by atoms with E-state index in [9.17, 15) is 0 Å². The molecule has 1 saturated carbocycles. The van der Waals surface area contributed by atoms with Crippen LogP contribution in [0.5, 0.6) is 0 Å². The van der Waals surface area contributed by atoms with Crippen LogP contribution in [-0.2, 0) is 21.7 Å². The lowest BCUT2D eigenvalue weighted by molar-refractivity contribution is 0.195. The molecule has 0 radical (unpaired) electrons. The summed E-state index contributed by atoms with van der Waals surface area (Å²) < 4.78 is 5.48. The van der Waals surface area contributed by atoms with E-state index >= 15 is 0 Å². The quantitative estimate of drug-likeness (QED) is 0.163. The first kappa shape index (κ1) is 44.9. The largest absolute Gasteiger partial charge is 0.335 e. The Morgan fingerprint density at radius 1 is 0.563 bits per heavy atom. The summed E-state index contributed by atoms with van der Waals surface area (Å²) in [7, 11) is 0. The van der Waals surface area contributed by atoms with Crippen LogP contribution in [0.4, 0.5) is 28.4 Å². The lowest BCUT2D eigenvalue weighted by Crippen LogP contribution is -2.64. The maximum absolute atomic E-state index is 2.93. The van der Waals surface area contributed by atoms with E-state index in [1.807, 2.05) is 11.3 Å². The molecule has 3 nitrogen and oxygen atoms in total. The van der Waals surface area contributed by atoms with Crippen molar-refractivity contribution in [1.29, 1.82) is 0 Å². The monoisotopic (exact) mass is 946 g/mol. The second-order valence-corrected chi connectivity index (χ2v) is 26.5. The highest BCUT2D eigenvalue weighted by Gasteiger charge is 2.61. The van der Waals surface area contributed by atoms with Gasteiger partial charge in [-0.2, -0.15) is 0 Å². The maximum atomic E-state index is 2.93. The molecule has 1 fully saturated rings. The van der Waals surface area contributed by atoms with Crippen molar-refractivity contribution >= 4 is 94.1 Å². The molecule has 4 aliphatic rings. The van der Waals surface area contributed by atoms with Crippen LogP contribution in [-0.4, -0.2) is 16.8 Å². The number of aromatic nitrogens is 1. The minimum atomic E-state index is -0.141. The summed E-state index contributed by atoms with van der Waals surface area (Å²) in [4.78, 5) is 5.56. The third-order valence-electron chi connectivity index (χ3n) is 18.0. The van der Waals surface area contributed by atoms with Crippen LogP contribution in [0.25, 0.3) is 48.0 Å². The Labute approximate surface area is 426 Å². The topological polar surface area (TPSA) is 11.4 Å². The van der Waals surface area contributed by atoms with E-state index in [1.165, 1.54) is 145 Å². The Morgan fingerprint density at radius 2 is 1.18 bits per heavy atom. The van der Waals surface area contributed by atoms with Crippen LogP contribution in [0.1, 0.15) is 135 Å². The molecule has 2 unspecified atom stereocenters. The number of hydrogen-bond acceptors (Lipinski definition) is 3. The zero-order chi connectivity index (χ0) is 49.5. The van der Waals surface area contributed by atoms with Gasteiger partial charge in [-0.05, 0) is 153 Å². The number of aryl methyl sites for hydroxylation is 2. The Kier molecular flexibility index (Phi) is 9.34. The second kappa shape index (κ2) is 14.8. The minimum absolute atomic E-state index is 0.0292. The van der Waals surface area contributed by atoms with Crippen LogP contribution in [0, 0.1) is 13.8 Å². The molecule has 7 aromatic carbocycles. The molecule has 0 amide bonds. The van der Waals surface area contributed by atoms with Gasteiger partial charge in [-0.1, -0.05) is 167 Å². The molecule has 2 aromatic heterocycles. The average molecular weight is 946 g/mol. The van der Waals surface area contributed by atoms with Gasteiger partial charge in [0.1, 0.15) is 0 Å². The van der Waals surface area contributed by atoms with Crippen molar-refractivity contribution in [2.75, 3.05) is 9.80 Å². The van der Waals surface area contributed by atoms with Crippen molar-refractivity contribution < 1.29 is 0 Å². The molecule has 0 saturated heterocycles. The number of fused-ring (bicyclic) bond motifs is 12. The fraction of sp³-hybridized carbons (Fsp3) is 0.333. The van der Waals surface area contributed by atoms with E-state index in [0.717, 1.165) is 6.42 Å². The molecule has 2 atom stereocenters. The van der Waals surface area contributed by atoms with E-state index in [-0.39, 0.29) is 33.9 Å². The molecule has 13 rings (SSSR count). The fourth-order valence-electron chi connectivity index (χ4n) is 13.8. The molecule has 71 heavy (non-hydrogen) atoms. The smallest absolute Gasteiger partial charge is 0.252 e. The van der Waals surface area contributed by atoms with Gasteiger partial charge in [-0.25, -0.2) is 0 Å². The number of rotatable bonds is 4. The average Bonchev–Trinajstić information content (AvgIpc) is 3.93. The van der Waals surface area contributed by atoms with Gasteiger partial charge in [0.05, 0.1) is 27.0 Å². The van der Waals surface area contributed by atoms with Crippen LogP contribution in [0.2, 0.25) is 0 Å². The van der Waals surface area contributed by atoms with Crippen LogP contribution < -0.4 is 26.2 Å². The summed E-state index contributed by atoms with van der Waals surface area (Å²) in [5.41, 5.74) is 25.5. The van der Waals surface area contributed by atoms with Crippen molar-refractivity contribution in [3.8, 4) is 16.8 Å². The van der Waals surface area contributed by atoms with Gasteiger partial charge in [-0.3, -0.25) is 0 Å². The lowest BCUT2D eigenvalue weighted by atomic mass is 9.33. The van der Waals surface area contributed by atoms with Gasteiger partial charge in [-0.15, -0.1) is 11.3 Å². The van der Waals surface area contributed by atoms with E-state index in [2.05, 4.69) is 232 Å². The molecule has 1 aliphatic carbocycles. The second-order valence-electron chi connectivity index (χ2n) is 25.5. The van der Waals surface area contributed by atoms with Crippen LogP contribution >= 0.6 is 11.3 Å². The molecule has 5 heterocycles. The summed E-state index contributed by atoms with van der Waals surface area (Å²) in [6, 6.07) is 50.6. The molecule has 0 spiro atoms. The van der Waals surface area contributed by atoms with E-state index in [1.54, 1.807) is 0 Å². The Morgan fingerprint density at radius 3 is 1.83 bits per heavy atom. The normalized spacial score (nSPS) is 19.2. The summed E-state index contributed by atoms with van der Waals surface area (Å²) in [6.45, 7) is 31.2. The summed E-state index contributed by atoms with van der Waals surface area (Å²) in [5, 5.41) is 2.72. The predicted octanol–water partition coefficient (Wildman–Crippen LogP) is 16.5. The first-order chi connectivity index (χ1) is 33.7.